The molecular formula is C10H8Cl2N2. The van der Waals surface area contributed by atoms with Gasteiger partial charge < -0.3 is 10.7 Å². The minimum Gasteiger partial charge on any atom is -0.397 e. The molecule has 0 bridgehead atoms. The Morgan fingerprint density at radius 3 is 2.43 bits per heavy atom. The standard InChI is InChI=1S/C10H8Cl2N2/c11-8-2-1-6(3-9(8)12)7-4-14-5-10(7)13/h1-5,14H,13H2. The second-order valence-corrected chi connectivity index (χ2v) is 3.77. The molecule has 0 saturated heterocycles. The van der Waals surface area contributed by atoms with Gasteiger partial charge in [-0.25, -0.2) is 0 Å². The lowest BCUT2D eigenvalue weighted by atomic mass is 10.1. The quantitative estimate of drug-likeness (QED) is 0.768. The van der Waals surface area contributed by atoms with E-state index < -0.39 is 0 Å². The van der Waals surface area contributed by atoms with E-state index in [1.165, 1.54) is 0 Å². The second kappa shape index (κ2) is 3.56. The normalized spacial score (nSPS) is 10.4. The van der Waals surface area contributed by atoms with Crippen LogP contribution in [0.2, 0.25) is 10.0 Å². The maximum atomic E-state index is 5.90. The van der Waals surface area contributed by atoms with Gasteiger partial charge in [-0.2, -0.15) is 0 Å². The van der Waals surface area contributed by atoms with Gasteiger partial charge in [0.15, 0.2) is 0 Å². The average molecular weight is 227 g/mol. The Morgan fingerprint density at radius 1 is 1.07 bits per heavy atom. The summed E-state index contributed by atoms with van der Waals surface area (Å²) in [7, 11) is 0. The molecule has 0 saturated carbocycles. The fraction of sp³-hybridized carbons (Fsp3) is 0. The summed E-state index contributed by atoms with van der Waals surface area (Å²) >= 11 is 11.7. The molecule has 0 unspecified atom stereocenters. The molecule has 14 heavy (non-hydrogen) atoms. The zero-order valence-corrected chi connectivity index (χ0v) is 8.73. The van der Waals surface area contributed by atoms with E-state index in [9.17, 15) is 0 Å². The van der Waals surface area contributed by atoms with E-state index in [-0.39, 0.29) is 0 Å². The summed E-state index contributed by atoms with van der Waals surface area (Å²) in [6.07, 6.45) is 3.56. The smallest absolute Gasteiger partial charge is 0.0598 e. The number of halogens is 2. The minimum atomic E-state index is 0.532. The Bertz CT molecular complexity index is 463. The number of hydrogen-bond donors (Lipinski definition) is 2. The van der Waals surface area contributed by atoms with E-state index in [1.54, 1.807) is 18.3 Å². The van der Waals surface area contributed by atoms with Crippen molar-refractivity contribution in [3.63, 3.8) is 0 Å². The average Bonchev–Trinajstić information content (AvgIpc) is 2.57. The molecule has 3 N–H and O–H groups in total. The molecule has 0 spiro atoms. The predicted octanol–water partition coefficient (Wildman–Crippen LogP) is 3.57. The highest BCUT2D eigenvalue weighted by Crippen LogP contribution is 2.31. The number of H-pyrrole nitrogens is 1. The van der Waals surface area contributed by atoms with E-state index in [1.807, 2.05) is 12.3 Å². The number of aromatic amines is 1. The first kappa shape index (κ1) is 9.44. The number of nitrogen functional groups attached to an aromatic ring is 1. The zero-order valence-electron chi connectivity index (χ0n) is 7.22. The van der Waals surface area contributed by atoms with Gasteiger partial charge >= 0.3 is 0 Å². The Balaban J connectivity index is 2.53. The first-order valence-electron chi connectivity index (χ1n) is 4.06. The molecule has 2 aromatic rings. The van der Waals surface area contributed by atoms with Crippen molar-refractivity contribution in [2.24, 2.45) is 0 Å². The summed E-state index contributed by atoms with van der Waals surface area (Å²) in [5.41, 5.74) is 8.34. The molecule has 1 heterocycles. The highest BCUT2D eigenvalue weighted by atomic mass is 35.5. The van der Waals surface area contributed by atoms with Crippen molar-refractivity contribution in [2.75, 3.05) is 5.73 Å². The van der Waals surface area contributed by atoms with E-state index in [4.69, 9.17) is 28.9 Å². The number of hydrogen-bond acceptors (Lipinski definition) is 1. The molecule has 2 rings (SSSR count). The molecule has 0 amide bonds. The monoisotopic (exact) mass is 226 g/mol. The lowest BCUT2D eigenvalue weighted by Crippen LogP contribution is -1.84. The SMILES string of the molecule is Nc1c[nH]cc1-c1ccc(Cl)c(Cl)c1. The lowest BCUT2D eigenvalue weighted by molar-refractivity contribution is 1.41. The van der Waals surface area contributed by atoms with Gasteiger partial charge in [-0.15, -0.1) is 0 Å². The van der Waals surface area contributed by atoms with Crippen LogP contribution in [0.1, 0.15) is 0 Å². The molecular weight excluding hydrogens is 219 g/mol. The highest BCUT2D eigenvalue weighted by molar-refractivity contribution is 6.42. The van der Waals surface area contributed by atoms with Crippen molar-refractivity contribution in [2.45, 2.75) is 0 Å². The summed E-state index contributed by atoms with van der Waals surface area (Å²) in [5, 5.41) is 1.08. The van der Waals surface area contributed by atoms with Gasteiger partial charge in [-0.1, -0.05) is 29.3 Å². The fourth-order valence-electron chi connectivity index (χ4n) is 1.29. The Kier molecular flexibility index (Phi) is 2.40. The third kappa shape index (κ3) is 1.59. The van der Waals surface area contributed by atoms with E-state index in [0.717, 1.165) is 11.1 Å². The topological polar surface area (TPSA) is 41.8 Å². The molecule has 1 aromatic carbocycles. The van der Waals surface area contributed by atoms with Gasteiger partial charge in [0.2, 0.25) is 0 Å². The van der Waals surface area contributed by atoms with Gasteiger partial charge in [0.25, 0.3) is 0 Å². The molecule has 4 heteroatoms. The van der Waals surface area contributed by atoms with E-state index in [0.29, 0.717) is 15.7 Å². The summed E-state index contributed by atoms with van der Waals surface area (Å²) in [6, 6.07) is 5.43. The molecule has 0 aliphatic heterocycles. The Labute approximate surface area is 91.6 Å². The van der Waals surface area contributed by atoms with Crippen molar-refractivity contribution >= 4 is 28.9 Å². The number of nitrogens with two attached hydrogens (primary N) is 1. The van der Waals surface area contributed by atoms with Crippen LogP contribution in [-0.4, -0.2) is 4.98 Å². The van der Waals surface area contributed by atoms with Crippen LogP contribution in [0.15, 0.2) is 30.6 Å². The van der Waals surface area contributed by atoms with Crippen LogP contribution < -0.4 is 5.73 Å². The number of benzene rings is 1. The van der Waals surface area contributed by atoms with Crippen LogP contribution in [0.4, 0.5) is 5.69 Å². The second-order valence-electron chi connectivity index (χ2n) is 2.95. The number of aromatic nitrogens is 1. The summed E-state index contributed by atoms with van der Waals surface area (Å²) in [5.74, 6) is 0. The zero-order chi connectivity index (χ0) is 10.1. The van der Waals surface area contributed by atoms with Gasteiger partial charge in [-0.3, -0.25) is 0 Å². The van der Waals surface area contributed by atoms with Gasteiger partial charge in [0.05, 0.1) is 15.7 Å². The maximum Gasteiger partial charge on any atom is 0.0598 e. The van der Waals surface area contributed by atoms with Crippen LogP contribution in [-0.2, 0) is 0 Å². The Morgan fingerprint density at radius 2 is 1.86 bits per heavy atom. The van der Waals surface area contributed by atoms with Crippen molar-refractivity contribution in [1.82, 2.24) is 4.98 Å². The molecule has 0 aliphatic rings. The summed E-state index contributed by atoms with van der Waals surface area (Å²) in [6.45, 7) is 0. The molecule has 0 atom stereocenters. The maximum absolute atomic E-state index is 5.90. The van der Waals surface area contributed by atoms with Gasteiger partial charge in [0.1, 0.15) is 0 Å². The lowest BCUT2D eigenvalue weighted by Gasteiger charge is -2.01. The largest absolute Gasteiger partial charge is 0.397 e. The van der Waals surface area contributed by atoms with Crippen molar-refractivity contribution < 1.29 is 0 Å². The number of nitrogens with one attached hydrogen (secondary N) is 1. The first-order valence-corrected chi connectivity index (χ1v) is 4.82. The first-order chi connectivity index (χ1) is 6.68. The van der Waals surface area contributed by atoms with E-state index in [2.05, 4.69) is 4.98 Å². The summed E-state index contributed by atoms with van der Waals surface area (Å²) < 4.78 is 0. The van der Waals surface area contributed by atoms with Crippen LogP contribution in [0.3, 0.4) is 0 Å². The van der Waals surface area contributed by atoms with Crippen molar-refractivity contribution in [3.05, 3.63) is 40.6 Å². The van der Waals surface area contributed by atoms with Gasteiger partial charge in [-0.05, 0) is 17.7 Å². The predicted molar refractivity (Wildman–Crippen MR) is 60.7 cm³/mol. The highest BCUT2D eigenvalue weighted by Gasteiger charge is 2.05. The van der Waals surface area contributed by atoms with E-state index >= 15 is 0 Å². The minimum absolute atomic E-state index is 0.532. The van der Waals surface area contributed by atoms with Crippen LogP contribution in [0.25, 0.3) is 11.1 Å². The molecule has 72 valence electrons. The molecule has 0 aliphatic carbocycles. The van der Waals surface area contributed by atoms with Gasteiger partial charge in [0, 0.05) is 18.0 Å². The fourth-order valence-corrected chi connectivity index (χ4v) is 1.59. The molecule has 1 aromatic heterocycles. The van der Waals surface area contributed by atoms with Crippen LogP contribution in [0, 0.1) is 0 Å². The third-order valence-electron chi connectivity index (χ3n) is 2.01. The Hall–Kier alpha value is -1.12. The number of anilines is 1. The molecule has 2 nitrogen and oxygen atoms in total. The van der Waals surface area contributed by atoms with Crippen LogP contribution in [0.5, 0.6) is 0 Å². The van der Waals surface area contributed by atoms with Crippen LogP contribution >= 0.6 is 23.2 Å². The molecule has 0 fully saturated rings. The van der Waals surface area contributed by atoms with Crippen molar-refractivity contribution in [1.29, 1.82) is 0 Å². The van der Waals surface area contributed by atoms with Crippen molar-refractivity contribution in [3.8, 4) is 11.1 Å². The third-order valence-corrected chi connectivity index (χ3v) is 2.75. The summed E-state index contributed by atoms with van der Waals surface area (Å²) in [4.78, 5) is 2.93. The number of rotatable bonds is 1. The molecule has 0 radical (unpaired) electrons.